The van der Waals surface area contributed by atoms with E-state index in [-0.39, 0.29) is 13.0 Å². The molecule has 2 atom stereocenters. The first kappa shape index (κ1) is 15.8. The average molecular weight is 273 g/mol. The number of likely N-dealkylation sites (tertiary alicyclic amines) is 1. The molecule has 0 aromatic heterocycles. The highest BCUT2D eigenvalue weighted by atomic mass is 16.6. The Morgan fingerprint density at radius 3 is 2.53 bits per heavy atom. The molecule has 19 heavy (non-hydrogen) atoms. The molecule has 1 fully saturated rings. The summed E-state index contributed by atoms with van der Waals surface area (Å²) in [4.78, 5) is 25.2. The van der Waals surface area contributed by atoms with Crippen molar-refractivity contribution in [2.24, 2.45) is 0 Å². The predicted octanol–water partition coefficient (Wildman–Crippen LogP) is 1.31. The van der Waals surface area contributed by atoms with Crippen molar-refractivity contribution in [3.8, 4) is 0 Å². The molecule has 0 aromatic rings. The van der Waals surface area contributed by atoms with Gasteiger partial charge in [-0.1, -0.05) is 0 Å². The Morgan fingerprint density at radius 1 is 1.37 bits per heavy atom. The lowest BCUT2D eigenvalue weighted by molar-refractivity contribution is -0.152. The molecule has 1 aliphatic heterocycles. The number of aliphatic hydroxyl groups is 1. The Balaban J connectivity index is 2.77. The number of rotatable bonds is 2. The van der Waals surface area contributed by atoms with Crippen LogP contribution >= 0.6 is 0 Å². The first-order valence-electron chi connectivity index (χ1n) is 6.59. The summed E-state index contributed by atoms with van der Waals surface area (Å²) < 4.78 is 10.2. The van der Waals surface area contributed by atoms with E-state index in [2.05, 4.69) is 0 Å². The molecule has 1 heterocycles. The fraction of sp³-hybridized carbons (Fsp3) is 0.846. The highest BCUT2D eigenvalue weighted by Gasteiger charge is 2.38. The maximum absolute atomic E-state index is 12.1. The van der Waals surface area contributed by atoms with E-state index in [0.717, 1.165) is 0 Å². The van der Waals surface area contributed by atoms with Crippen LogP contribution < -0.4 is 0 Å². The van der Waals surface area contributed by atoms with Crippen molar-refractivity contribution in [2.75, 3.05) is 13.2 Å². The molecule has 0 saturated carbocycles. The summed E-state index contributed by atoms with van der Waals surface area (Å²) >= 11 is 0. The highest BCUT2D eigenvalue weighted by molar-refractivity contribution is 5.81. The number of carbonyl (C=O) groups excluding carboxylic acids is 2. The summed E-state index contributed by atoms with van der Waals surface area (Å²) in [6.07, 6.45) is -0.502. The maximum atomic E-state index is 12.1. The zero-order valence-corrected chi connectivity index (χ0v) is 12.0. The zero-order chi connectivity index (χ0) is 14.6. The van der Waals surface area contributed by atoms with Gasteiger partial charge < -0.3 is 14.6 Å². The molecule has 1 amide bonds. The minimum Gasteiger partial charge on any atom is -0.464 e. The first-order chi connectivity index (χ1) is 8.74. The third kappa shape index (κ3) is 4.70. The SMILES string of the molecule is CCOC(=O)[C@H]1CC(O)CCN1C(=O)OC(C)(C)C. The van der Waals surface area contributed by atoms with Crippen molar-refractivity contribution in [1.82, 2.24) is 4.90 Å². The van der Waals surface area contributed by atoms with Gasteiger partial charge in [-0.05, 0) is 34.1 Å². The lowest BCUT2D eigenvalue weighted by Crippen LogP contribution is -2.53. The lowest BCUT2D eigenvalue weighted by atomic mass is 10.00. The van der Waals surface area contributed by atoms with Gasteiger partial charge in [0, 0.05) is 13.0 Å². The van der Waals surface area contributed by atoms with Crippen molar-refractivity contribution in [3.63, 3.8) is 0 Å². The van der Waals surface area contributed by atoms with E-state index in [0.29, 0.717) is 13.0 Å². The summed E-state index contributed by atoms with van der Waals surface area (Å²) in [5.41, 5.74) is -0.619. The summed E-state index contributed by atoms with van der Waals surface area (Å²) in [6.45, 7) is 7.54. The van der Waals surface area contributed by atoms with Gasteiger partial charge in [0.15, 0.2) is 0 Å². The Hall–Kier alpha value is -1.30. The van der Waals surface area contributed by atoms with Gasteiger partial charge in [-0.15, -0.1) is 0 Å². The minimum atomic E-state index is -0.765. The number of ether oxygens (including phenoxy) is 2. The van der Waals surface area contributed by atoms with E-state index in [9.17, 15) is 14.7 Å². The summed E-state index contributed by atoms with van der Waals surface area (Å²) in [5.74, 6) is -0.493. The van der Waals surface area contributed by atoms with Crippen LogP contribution in [0.4, 0.5) is 4.79 Å². The Bertz CT molecular complexity index is 336. The van der Waals surface area contributed by atoms with Crippen LogP contribution in [0.25, 0.3) is 0 Å². The van der Waals surface area contributed by atoms with Crippen molar-refractivity contribution in [3.05, 3.63) is 0 Å². The fourth-order valence-corrected chi connectivity index (χ4v) is 1.95. The molecule has 6 heteroatoms. The van der Waals surface area contributed by atoms with Gasteiger partial charge in [0.1, 0.15) is 11.6 Å². The second-order valence-electron chi connectivity index (χ2n) is 5.62. The second kappa shape index (κ2) is 6.23. The molecule has 0 aromatic carbocycles. The molecule has 1 unspecified atom stereocenters. The fourth-order valence-electron chi connectivity index (χ4n) is 1.95. The molecule has 6 nitrogen and oxygen atoms in total. The van der Waals surface area contributed by atoms with E-state index < -0.39 is 29.8 Å². The number of nitrogens with zero attached hydrogens (tertiary/aromatic N) is 1. The molecular weight excluding hydrogens is 250 g/mol. The van der Waals surface area contributed by atoms with Crippen LogP contribution in [0, 0.1) is 0 Å². The van der Waals surface area contributed by atoms with Crippen LogP contribution in [0.2, 0.25) is 0 Å². The van der Waals surface area contributed by atoms with Crippen LogP contribution in [0.5, 0.6) is 0 Å². The van der Waals surface area contributed by atoms with Crippen molar-refractivity contribution in [2.45, 2.75) is 58.3 Å². The van der Waals surface area contributed by atoms with Crippen LogP contribution in [0.1, 0.15) is 40.5 Å². The summed E-state index contributed by atoms with van der Waals surface area (Å²) in [6, 6.07) is -0.765. The van der Waals surface area contributed by atoms with Crippen molar-refractivity contribution < 1.29 is 24.2 Å². The lowest BCUT2D eigenvalue weighted by Gasteiger charge is -2.36. The van der Waals surface area contributed by atoms with E-state index >= 15 is 0 Å². The van der Waals surface area contributed by atoms with Crippen molar-refractivity contribution >= 4 is 12.1 Å². The van der Waals surface area contributed by atoms with Gasteiger partial charge in [-0.3, -0.25) is 4.90 Å². The monoisotopic (exact) mass is 273 g/mol. The number of hydrogen-bond donors (Lipinski definition) is 1. The number of piperidine rings is 1. The third-order valence-electron chi connectivity index (χ3n) is 2.76. The molecule has 1 saturated heterocycles. The van der Waals surface area contributed by atoms with Gasteiger partial charge in [0.25, 0.3) is 0 Å². The van der Waals surface area contributed by atoms with Crippen LogP contribution in [0.15, 0.2) is 0 Å². The van der Waals surface area contributed by atoms with E-state index in [4.69, 9.17) is 9.47 Å². The molecule has 0 bridgehead atoms. The molecule has 1 rings (SSSR count). The first-order valence-corrected chi connectivity index (χ1v) is 6.59. The topological polar surface area (TPSA) is 76.1 Å². The van der Waals surface area contributed by atoms with Gasteiger partial charge in [-0.2, -0.15) is 0 Å². The number of esters is 1. The van der Waals surface area contributed by atoms with Crippen LogP contribution in [0.3, 0.4) is 0 Å². The molecule has 0 radical (unpaired) electrons. The van der Waals surface area contributed by atoms with E-state index in [1.165, 1.54) is 4.90 Å². The third-order valence-corrected chi connectivity index (χ3v) is 2.76. The number of hydrogen-bond acceptors (Lipinski definition) is 5. The van der Waals surface area contributed by atoms with Crippen LogP contribution in [-0.2, 0) is 14.3 Å². The molecule has 0 spiro atoms. The largest absolute Gasteiger partial charge is 0.464 e. The van der Waals surface area contributed by atoms with Crippen molar-refractivity contribution in [1.29, 1.82) is 0 Å². The van der Waals surface area contributed by atoms with Gasteiger partial charge >= 0.3 is 12.1 Å². The molecule has 1 aliphatic rings. The second-order valence-corrected chi connectivity index (χ2v) is 5.62. The Morgan fingerprint density at radius 2 is 2.00 bits per heavy atom. The zero-order valence-electron chi connectivity index (χ0n) is 12.0. The standard InChI is InChI=1S/C13H23NO5/c1-5-18-11(16)10-8-9(15)6-7-14(10)12(17)19-13(2,3)4/h9-10,15H,5-8H2,1-4H3/t9?,10-/m1/s1. The maximum Gasteiger partial charge on any atom is 0.411 e. The van der Waals surface area contributed by atoms with Gasteiger partial charge in [0.05, 0.1) is 12.7 Å². The van der Waals surface area contributed by atoms with E-state index in [1.54, 1.807) is 27.7 Å². The summed E-state index contributed by atoms with van der Waals surface area (Å²) in [5, 5.41) is 9.64. The van der Waals surface area contributed by atoms with Gasteiger partial charge in [-0.25, -0.2) is 9.59 Å². The van der Waals surface area contributed by atoms with Gasteiger partial charge in [0.2, 0.25) is 0 Å². The number of aliphatic hydroxyl groups excluding tert-OH is 1. The number of amides is 1. The molecule has 0 aliphatic carbocycles. The summed E-state index contributed by atoms with van der Waals surface area (Å²) in [7, 11) is 0. The predicted molar refractivity (Wildman–Crippen MR) is 68.6 cm³/mol. The van der Waals surface area contributed by atoms with Crippen LogP contribution in [-0.4, -0.2) is 53.0 Å². The average Bonchev–Trinajstić information content (AvgIpc) is 2.26. The normalized spacial score (nSPS) is 23.9. The molecule has 110 valence electrons. The Labute approximate surface area is 113 Å². The Kier molecular flexibility index (Phi) is 5.17. The molecule has 1 N–H and O–H groups in total. The minimum absolute atomic E-state index is 0.193. The quantitative estimate of drug-likeness (QED) is 0.768. The number of carbonyl (C=O) groups is 2. The highest BCUT2D eigenvalue weighted by Crippen LogP contribution is 2.21. The smallest absolute Gasteiger partial charge is 0.411 e. The van der Waals surface area contributed by atoms with E-state index in [1.807, 2.05) is 0 Å². The molecular formula is C13H23NO5.